The van der Waals surface area contributed by atoms with Crippen LogP contribution in [0.2, 0.25) is 0 Å². The van der Waals surface area contributed by atoms with Gasteiger partial charge >= 0.3 is 0 Å². The van der Waals surface area contributed by atoms with E-state index in [9.17, 15) is 0 Å². The van der Waals surface area contributed by atoms with Crippen LogP contribution in [0.25, 0.3) is 89.0 Å². The zero-order chi connectivity index (χ0) is 49.3. The Hall–Kier alpha value is -8.78. The van der Waals surface area contributed by atoms with Crippen molar-refractivity contribution in [3.8, 4) is 89.0 Å². The van der Waals surface area contributed by atoms with Gasteiger partial charge in [-0.05, 0) is 184 Å². The van der Waals surface area contributed by atoms with Crippen LogP contribution in [0, 0.1) is 0 Å². The Morgan fingerprint density at radius 2 is 0.575 bits per heavy atom. The summed E-state index contributed by atoms with van der Waals surface area (Å²) in [5, 5.41) is 0. The molecule has 0 spiro atoms. The van der Waals surface area contributed by atoms with Crippen molar-refractivity contribution in [1.29, 1.82) is 0 Å². The SMILES string of the molecule is CC1(C)c2cc(N(c3ccc(-c4ccccc4)cc3)c3ccc(-c4ccccc4)cc3)ccc2-c2cc3c(cc21)-c1cc(-c2cccc(-c4ccccc4)c2)cc(-c2cccc(-c4ccccc4)c2)c1C3(C)C. The summed E-state index contributed by atoms with van der Waals surface area (Å²) in [5.74, 6) is 0. The predicted molar refractivity (Wildman–Crippen MR) is 309 cm³/mol. The molecule has 0 amide bonds. The maximum Gasteiger partial charge on any atom is 0.0465 e. The van der Waals surface area contributed by atoms with Gasteiger partial charge in [0.1, 0.15) is 0 Å². The van der Waals surface area contributed by atoms with Gasteiger partial charge in [0, 0.05) is 27.9 Å². The normalized spacial score (nSPS) is 13.4. The molecule has 0 N–H and O–H groups in total. The first-order chi connectivity index (χ1) is 35.7. The van der Waals surface area contributed by atoms with Gasteiger partial charge in [0.05, 0.1) is 0 Å². The number of nitrogens with zero attached hydrogens (tertiary/aromatic N) is 1. The van der Waals surface area contributed by atoms with Crippen LogP contribution < -0.4 is 4.90 Å². The minimum Gasteiger partial charge on any atom is -0.310 e. The maximum absolute atomic E-state index is 2.56. The van der Waals surface area contributed by atoms with E-state index in [0.29, 0.717) is 0 Å². The van der Waals surface area contributed by atoms with Crippen LogP contribution in [0.5, 0.6) is 0 Å². The van der Waals surface area contributed by atoms with E-state index < -0.39 is 0 Å². The highest BCUT2D eigenvalue weighted by Gasteiger charge is 2.43. The summed E-state index contributed by atoms with van der Waals surface area (Å²) in [7, 11) is 0. The van der Waals surface area contributed by atoms with Gasteiger partial charge in [0.2, 0.25) is 0 Å². The summed E-state index contributed by atoms with van der Waals surface area (Å²) in [6.07, 6.45) is 0. The maximum atomic E-state index is 2.56. The van der Waals surface area contributed by atoms with E-state index in [2.05, 4.69) is 293 Å². The molecular formula is C72H55N. The fraction of sp³-hybridized carbons (Fsp3) is 0.0833. The van der Waals surface area contributed by atoms with Crippen LogP contribution in [0.3, 0.4) is 0 Å². The number of benzene rings is 11. The lowest BCUT2D eigenvalue weighted by Gasteiger charge is -2.28. The molecule has 348 valence electrons. The van der Waals surface area contributed by atoms with Crippen molar-refractivity contribution in [2.45, 2.75) is 38.5 Å². The van der Waals surface area contributed by atoms with E-state index in [1.165, 1.54) is 111 Å². The highest BCUT2D eigenvalue weighted by Crippen LogP contribution is 2.59. The molecule has 0 saturated heterocycles. The van der Waals surface area contributed by atoms with Crippen molar-refractivity contribution in [2.75, 3.05) is 4.90 Å². The first-order valence-electron chi connectivity index (χ1n) is 25.6. The monoisotopic (exact) mass is 933 g/mol. The number of hydrogen-bond acceptors (Lipinski definition) is 1. The summed E-state index contributed by atoms with van der Waals surface area (Å²) in [4.78, 5) is 2.42. The van der Waals surface area contributed by atoms with Gasteiger partial charge in [-0.15, -0.1) is 0 Å². The lowest BCUT2D eigenvalue weighted by Crippen LogP contribution is -2.18. The molecule has 11 aromatic rings. The molecule has 2 aliphatic carbocycles. The molecule has 0 aromatic heterocycles. The van der Waals surface area contributed by atoms with Crippen LogP contribution in [-0.4, -0.2) is 0 Å². The van der Waals surface area contributed by atoms with Crippen LogP contribution >= 0.6 is 0 Å². The van der Waals surface area contributed by atoms with Gasteiger partial charge in [0.25, 0.3) is 0 Å². The molecule has 13 rings (SSSR count). The van der Waals surface area contributed by atoms with Crippen molar-refractivity contribution < 1.29 is 0 Å². The second-order valence-corrected chi connectivity index (χ2v) is 20.9. The van der Waals surface area contributed by atoms with Gasteiger partial charge in [-0.1, -0.05) is 216 Å². The quantitative estimate of drug-likeness (QED) is 0.139. The summed E-state index contributed by atoms with van der Waals surface area (Å²) in [5.41, 5.74) is 28.3. The summed E-state index contributed by atoms with van der Waals surface area (Å²) < 4.78 is 0. The third-order valence-electron chi connectivity index (χ3n) is 15.8. The van der Waals surface area contributed by atoms with E-state index in [4.69, 9.17) is 0 Å². The molecule has 0 saturated carbocycles. The van der Waals surface area contributed by atoms with E-state index >= 15 is 0 Å². The molecule has 11 aromatic carbocycles. The van der Waals surface area contributed by atoms with Gasteiger partial charge in [-0.2, -0.15) is 0 Å². The Labute approximate surface area is 430 Å². The fourth-order valence-electron chi connectivity index (χ4n) is 12.0. The van der Waals surface area contributed by atoms with Gasteiger partial charge in [-0.25, -0.2) is 0 Å². The lowest BCUT2D eigenvalue weighted by atomic mass is 9.77. The third kappa shape index (κ3) is 7.63. The van der Waals surface area contributed by atoms with Crippen LogP contribution in [0.4, 0.5) is 17.1 Å². The summed E-state index contributed by atoms with van der Waals surface area (Å²) in [6.45, 7) is 9.74. The second kappa shape index (κ2) is 17.5. The first kappa shape index (κ1) is 44.2. The molecule has 1 nitrogen and oxygen atoms in total. The van der Waals surface area contributed by atoms with Gasteiger partial charge in [-0.3, -0.25) is 0 Å². The number of fused-ring (bicyclic) bond motifs is 6. The minimum atomic E-state index is -0.274. The molecule has 0 fully saturated rings. The molecule has 0 bridgehead atoms. The highest BCUT2D eigenvalue weighted by molar-refractivity contribution is 5.97. The average molecular weight is 934 g/mol. The van der Waals surface area contributed by atoms with Gasteiger partial charge in [0.15, 0.2) is 0 Å². The van der Waals surface area contributed by atoms with Crippen molar-refractivity contribution >= 4 is 17.1 Å². The smallest absolute Gasteiger partial charge is 0.0465 e. The Morgan fingerprint density at radius 1 is 0.219 bits per heavy atom. The molecule has 0 radical (unpaired) electrons. The highest BCUT2D eigenvalue weighted by atomic mass is 15.1. The lowest BCUT2D eigenvalue weighted by molar-refractivity contribution is 0.653. The largest absolute Gasteiger partial charge is 0.310 e. The topological polar surface area (TPSA) is 3.24 Å². The number of anilines is 3. The standard InChI is InChI=1S/C72H55N/c1-71(2)67-45-61(73(59-35-31-52(32-36-59)48-19-9-5-10-20-48)60-37-33-53(34-38-60)49-21-11-6-12-22-49)39-40-62(67)64-46-69-65(47-68(64)71)66-44-58(56-29-17-27-54(41-56)50-23-13-7-14-24-50)43-63(70(66)72(69,3)4)57-30-18-28-55(42-57)51-25-15-8-16-26-51/h5-47H,1-4H3. The fourth-order valence-corrected chi connectivity index (χ4v) is 12.0. The van der Waals surface area contributed by atoms with Crippen LogP contribution in [0.1, 0.15) is 49.9 Å². The predicted octanol–water partition coefficient (Wildman–Crippen LogP) is 19.8. The van der Waals surface area contributed by atoms with Crippen molar-refractivity contribution in [3.05, 3.63) is 283 Å². The van der Waals surface area contributed by atoms with Gasteiger partial charge < -0.3 is 4.90 Å². The Morgan fingerprint density at radius 3 is 1.08 bits per heavy atom. The molecule has 0 atom stereocenters. The zero-order valence-electron chi connectivity index (χ0n) is 41.8. The molecular weight excluding hydrogens is 879 g/mol. The summed E-state index contributed by atoms with van der Waals surface area (Å²) >= 11 is 0. The second-order valence-electron chi connectivity index (χ2n) is 20.9. The van der Waals surface area contributed by atoms with Crippen molar-refractivity contribution in [2.24, 2.45) is 0 Å². The molecule has 73 heavy (non-hydrogen) atoms. The van der Waals surface area contributed by atoms with E-state index in [1.807, 2.05) is 0 Å². The average Bonchev–Trinajstić information content (AvgIpc) is 3.82. The van der Waals surface area contributed by atoms with Crippen molar-refractivity contribution in [1.82, 2.24) is 0 Å². The molecule has 1 heteroatoms. The van der Waals surface area contributed by atoms with E-state index in [-0.39, 0.29) is 10.8 Å². The van der Waals surface area contributed by atoms with Crippen molar-refractivity contribution in [3.63, 3.8) is 0 Å². The Bertz CT molecular complexity index is 3770. The van der Waals surface area contributed by atoms with E-state index in [0.717, 1.165) is 17.1 Å². The minimum absolute atomic E-state index is 0.267. The molecule has 0 unspecified atom stereocenters. The Kier molecular flexibility index (Phi) is 10.6. The van der Waals surface area contributed by atoms with Crippen LogP contribution in [-0.2, 0) is 10.8 Å². The number of rotatable bonds is 9. The Balaban J connectivity index is 0.943. The zero-order valence-corrected chi connectivity index (χ0v) is 41.8. The first-order valence-corrected chi connectivity index (χ1v) is 25.6. The van der Waals surface area contributed by atoms with E-state index in [1.54, 1.807) is 0 Å². The summed E-state index contributed by atoms with van der Waals surface area (Å²) in [6, 6.07) is 96.4. The molecule has 2 aliphatic rings. The number of hydrogen-bond donors (Lipinski definition) is 0. The molecule has 0 aliphatic heterocycles. The third-order valence-corrected chi connectivity index (χ3v) is 15.8. The molecule has 0 heterocycles. The van der Waals surface area contributed by atoms with Crippen LogP contribution in [0.15, 0.2) is 261 Å².